The molecule has 5 heteroatoms. The highest BCUT2D eigenvalue weighted by Crippen LogP contribution is 2.18. The molecule has 1 fully saturated rings. The molecule has 2 heterocycles. The Morgan fingerprint density at radius 1 is 1.36 bits per heavy atom. The molecule has 2 N–H and O–H groups in total. The number of amides is 1. The van der Waals surface area contributed by atoms with Gasteiger partial charge in [0.15, 0.2) is 0 Å². The Kier molecular flexibility index (Phi) is 5.53. The van der Waals surface area contributed by atoms with Crippen LogP contribution in [0.25, 0.3) is 10.9 Å². The highest BCUT2D eigenvalue weighted by atomic mass is 16.2. The molecule has 1 aromatic heterocycles. The van der Waals surface area contributed by atoms with E-state index in [1.165, 1.54) is 12.5 Å². The largest absolute Gasteiger partial charge is 0.352 e. The van der Waals surface area contributed by atoms with Gasteiger partial charge < -0.3 is 15.2 Å². The van der Waals surface area contributed by atoms with Crippen molar-refractivity contribution in [1.82, 2.24) is 15.2 Å². The first kappa shape index (κ1) is 17.7. The maximum Gasteiger partial charge on any atom is 0.252 e. The van der Waals surface area contributed by atoms with Crippen LogP contribution in [0, 0.1) is 11.8 Å². The normalized spacial score (nSPS) is 18.6. The van der Waals surface area contributed by atoms with Crippen LogP contribution in [0.5, 0.6) is 0 Å². The van der Waals surface area contributed by atoms with Crippen molar-refractivity contribution in [1.29, 1.82) is 0 Å². The quantitative estimate of drug-likeness (QED) is 0.879. The summed E-state index contributed by atoms with van der Waals surface area (Å²) < 4.78 is 0. The van der Waals surface area contributed by atoms with Gasteiger partial charge in [0.1, 0.15) is 0 Å². The van der Waals surface area contributed by atoms with Gasteiger partial charge in [-0.2, -0.15) is 0 Å². The number of carbonyl (C=O) groups excluding carboxylic acids is 1. The van der Waals surface area contributed by atoms with Gasteiger partial charge >= 0.3 is 0 Å². The minimum Gasteiger partial charge on any atom is -0.352 e. The van der Waals surface area contributed by atoms with Crippen molar-refractivity contribution in [3.05, 3.63) is 46.2 Å². The lowest BCUT2D eigenvalue weighted by atomic mass is 9.97. The molecule has 0 bridgehead atoms. The third kappa shape index (κ3) is 4.48. The third-order valence-electron chi connectivity index (χ3n) is 4.77. The molecular formula is C20H27N3O2. The Morgan fingerprint density at radius 3 is 2.96 bits per heavy atom. The van der Waals surface area contributed by atoms with E-state index in [1.807, 2.05) is 24.3 Å². The fraction of sp³-hybridized carbons (Fsp3) is 0.500. The van der Waals surface area contributed by atoms with E-state index in [4.69, 9.17) is 0 Å². The lowest BCUT2D eigenvalue weighted by molar-refractivity contribution is 0.0930. The Labute approximate surface area is 148 Å². The molecule has 1 atom stereocenters. The van der Waals surface area contributed by atoms with Gasteiger partial charge in [0.25, 0.3) is 5.91 Å². The predicted octanol–water partition coefficient (Wildman–Crippen LogP) is 2.63. The summed E-state index contributed by atoms with van der Waals surface area (Å²) in [6, 6.07) is 8.81. The molecule has 0 aliphatic carbocycles. The summed E-state index contributed by atoms with van der Waals surface area (Å²) in [4.78, 5) is 29.7. The van der Waals surface area contributed by atoms with E-state index in [1.54, 1.807) is 0 Å². The number of hydrogen-bond acceptors (Lipinski definition) is 3. The van der Waals surface area contributed by atoms with E-state index >= 15 is 0 Å². The Balaban J connectivity index is 1.66. The van der Waals surface area contributed by atoms with Crippen molar-refractivity contribution in [2.24, 2.45) is 11.8 Å². The van der Waals surface area contributed by atoms with E-state index < -0.39 is 0 Å². The second-order valence-corrected chi connectivity index (χ2v) is 7.46. The molecule has 0 spiro atoms. The number of nitrogens with zero attached hydrogens (tertiary/aromatic N) is 1. The van der Waals surface area contributed by atoms with Crippen LogP contribution in [0.4, 0.5) is 0 Å². The van der Waals surface area contributed by atoms with Crippen molar-refractivity contribution in [2.75, 3.05) is 26.2 Å². The number of benzene rings is 1. The van der Waals surface area contributed by atoms with E-state index in [0.29, 0.717) is 29.5 Å². The number of rotatable bonds is 5. The summed E-state index contributed by atoms with van der Waals surface area (Å²) >= 11 is 0. The van der Waals surface area contributed by atoms with Gasteiger partial charge in [0, 0.05) is 36.6 Å². The van der Waals surface area contributed by atoms with Gasteiger partial charge in [0.2, 0.25) is 5.56 Å². The molecule has 2 aromatic rings. The molecule has 0 radical (unpaired) electrons. The molecule has 3 rings (SSSR count). The van der Waals surface area contributed by atoms with E-state index in [0.717, 1.165) is 31.4 Å². The van der Waals surface area contributed by atoms with Crippen molar-refractivity contribution >= 4 is 16.8 Å². The van der Waals surface area contributed by atoms with Gasteiger partial charge in [-0.15, -0.1) is 0 Å². The molecule has 1 aliphatic heterocycles. The second kappa shape index (κ2) is 7.83. The van der Waals surface area contributed by atoms with Gasteiger partial charge in [-0.1, -0.05) is 32.0 Å². The highest BCUT2D eigenvalue weighted by molar-refractivity contribution is 6.05. The number of aromatic nitrogens is 1. The molecule has 1 saturated heterocycles. The first-order chi connectivity index (χ1) is 12.0. The summed E-state index contributed by atoms with van der Waals surface area (Å²) in [6.45, 7) is 8.44. The summed E-state index contributed by atoms with van der Waals surface area (Å²) in [6.07, 6.45) is 2.33. The lowest BCUT2D eigenvalue weighted by Gasteiger charge is -2.33. The monoisotopic (exact) mass is 341 g/mol. The number of piperidine rings is 1. The molecule has 1 amide bonds. The Bertz CT molecular complexity index is 797. The number of pyridine rings is 1. The van der Waals surface area contributed by atoms with Crippen LogP contribution in [-0.2, 0) is 0 Å². The minimum atomic E-state index is -0.246. The molecule has 5 nitrogen and oxygen atoms in total. The number of fused-ring (bicyclic) bond motifs is 1. The number of aromatic amines is 1. The van der Waals surface area contributed by atoms with Crippen molar-refractivity contribution in [2.45, 2.75) is 26.7 Å². The number of carbonyl (C=O) groups is 1. The summed E-state index contributed by atoms with van der Waals surface area (Å²) in [7, 11) is 0. The fourth-order valence-electron chi connectivity index (χ4n) is 3.72. The first-order valence-corrected chi connectivity index (χ1v) is 9.15. The predicted molar refractivity (Wildman–Crippen MR) is 101 cm³/mol. The topological polar surface area (TPSA) is 65.2 Å². The average molecular weight is 341 g/mol. The molecule has 25 heavy (non-hydrogen) atoms. The van der Waals surface area contributed by atoms with Crippen LogP contribution >= 0.6 is 0 Å². The Hall–Kier alpha value is -2.14. The van der Waals surface area contributed by atoms with Crippen LogP contribution in [0.3, 0.4) is 0 Å². The van der Waals surface area contributed by atoms with E-state index in [-0.39, 0.29) is 11.5 Å². The van der Waals surface area contributed by atoms with Gasteiger partial charge in [-0.25, -0.2) is 0 Å². The van der Waals surface area contributed by atoms with Crippen LogP contribution < -0.4 is 10.9 Å². The molecule has 0 unspecified atom stereocenters. The van der Waals surface area contributed by atoms with Crippen LogP contribution in [0.2, 0.25) is 0 Å². The van der Waals surface area contributed by atoms with E-state index in [9.17, 15) is 9.59 Å². The summed E-state index contributed by atoms with van der Waals surface area (Å²) in [5.74, 6) is 0.976. The van der Waals surface area contributed by atoms with E-state index in [2.05, 4.69) is 29.0 Å². The number of para-hydroxylation sites is 1. The number of nitrogens with one attached hydrogen (secondary N) is 2. The maximum absolute atomic E-state index is 12.6. The smallest absolute Gasteiger partial charge is 0.252 e. The van der Waals surface area contributed by atoms with Gasteiger partial charge in [-0.3, -0.25) is 9.59 Å². The van der Waals surface area contributed by atoms with Crippen molar-refractivity contribution < 1.29 is 4.79 Å². The Morgan fingerprint density at radius 2 is 2.16 bits per heavy atom. The third-order valence-corrected chi connectivity index (χ3v) is 4.77. The second-order valence-electron chi connectivity index (χ2n) is 7.46. The van der Waals surface area contributed by atoms with Crippen molar-refractivity contribution in [3.8, 4) is 0 Å². The molecule has 1 aliphatic rings. The lowest BCUT2D eigenvalue weighted by Crippen LogP contribution is -2.42. The van der Waals surface area contributed by atoms with Crippen molar-refractivity contribution in [3.63, 3.8) is 0 Å². The number of likely N-dealkylation sites (tertiary alicyclic amines) is 1. The van der Waals surface area contributed by atoms with Crippen LogP contribution in [0.15, 0.2) is 35.1 Å². The summed E-state index contributed by atoms with van der Waals surface area (Å²) in [5, 5.41) is 3.83. The SMILES string of the molecule is CC(C)CN1CCC[C@H](CNC(=O)c2cc(=O)[nH]c3ccccc23)C1. The van der Waals surface area contributed by atoms with Gasteiger partial charge in [-0.05, 0) is 37.3 Å². The molecule has 0 saturated carbocycles. The average Bonchev–Trinajstić information content (AvgIpc) is 2.58. The zero-order valence-corrected chi connectivity index (χ0v) is 15.0. The maximum atomic E-state index is 12.6. The summed E-state index contributed by atoms with van der Waals surface area (Å²) in [5.41, 5.74) is 0.903. The molecule has 134 valence electrons. The minimum absolute atomic E-state index is 0.164. The highest BCUT2D eigenvalue weighted by Gasteiger charge is 2.21. The van der Waals surface area contributed by atoms with Crippen LogP contribution in [-0.4, -0.2) is 42.0 Å². The first-order valence-electron chi connectivity index (χ1n) is 9.15. The zero-order valence-electron chi connectivity index (χ0n) is 15.0. The van der Waals surface area contributed by atoms with Crippen LogP contribution in [0.1, 0.15) is 37.0 Å². The standard InChI is InChI=1S/C20H27N3O2/c1-14(2)12-23-9-5-6-15(13-23)11-21-20(25)17-10-19(24)22-18-8-4-3-7-16(17)18/h3-4,7-8,10,14-15H,5-6,9,11-13H2,1-2H3,(H,21,25)(H,22,24)/t15-/m1/s1. The number of H-pyrrole nitrogens is 1. The number of hydrogen-bond donors (Lipinski definition) is 2. The zero-order chi connectivity index (χ0) is 17.8. The molecular weight excluding hydrogens is 314 g/mol. The molecule has 1 aromatic carbocycles. The fourth-order valence-corrected chi connectivity index (χ4v) is 3.72. The van der Waals surface area contributed by atoms with Gasteiger partial charge in [0.05, 0.1) is 5.56 Å².